The lowest BCUT2D eigenvalue weighted by molar-refractivity contribution is -0.144. The lowest BCUT2D eigenvalue weighted by atomic mass is 9.92. The zero-order chi connectivity index (χ0) is 14.4. The van der Waals surface area contributed by atoms with Crippen molar-refractivity contribution in [2.75, 3.05) is 20.1 Å². The number of carbonyl (C=O) groups is 2. The molecule has 0 saturated carbocycles. The maximum absolute atomic E-state index is 12.3. The molecule has 2 unspecified atom stereocenters. The van der Waals surface area contributed by atoms with Crippen LogP contribution in [-0.2, 0) is 4.79 Å². The van der Waals surface area contributed by atoms with Crippen molar-refractivity contribution in [2.24, 2.45) is 5.92 Å². The molecule has 0 bridgehead atoms. The molecule has 1 rings (SSSR count). The molecule has 0 aliphatic carbocycles. The molecule has 2 amide bonds. The molecule has 1 aliphatic rings. The number of likely N-dealkylation sites (tertiary alicyclic amines) is 1. The Morgan fingerprint density at radius 2 is 2.05 bits per heavy atom. The Morgan fingerprint density at radius 3 is 2.63 bits per heavy atom. The van der Waals surface area contributed by atoms with Crippen LogP contribution in [-0.4, -0.2) is 53.1 Å². The van der Waals surface area contributed by atoms with Crippen LogP contribution in [0.25, 0.3) is 0 Å². The minimum absolute atomic E-state index is 0.143. The van der Waals surface area contributed by atoms with E-state index in [-0.39, 0.29) is 6.03 Å². The first-order valence-corrected chi connectivity index (χ1v) is 7.21. The van der Waals surface area contributed by atoms with Crippen LogP contribution in [0, 0.1) is 5.92 Å². The van der Waals surface area contributed by atoms with Gasteiger partial charge >= 0.3 is 12.0 Å². The molecule has 1 aliphatic heterocycles. The molecule has 19 heavy (non-hydrogen) atoms. The van der Waals surface area contributed by atoms with Crippen molar-refractivity contribution in [3.05, 3.63) is 0 Å². The molecular formula is C14H26N2O3. The number of urea groups is 1. The second-order valence-corrected chi connectivity index (χ2v) is 5.59. The van der Waals surface area contributed by atoms with Crippen LogP contribution in [0.4, 0.5) is 4.79 Å². The monoisotopic (exact) mass is 270 g/mol. The van der Waals surface area contributed by atoms with E-state index in [1.807, 2.05) is 6.92 Å². The van der Waals surface area contributed by atoms with Gasteiger partial charge < -0.3 is 14.9 Å². The predicted octanol–water partition coefficient (Wildman–Crippen LogP) is 2.41. The van der Waals surface area contributed by atoms with Gasteiger partial charge in [-0.15, -0.1) is 0 Å². The van der Waals surface area contributed by atoms with E-state index >= 15 is 0 Å². The number of rotatable bonds is 5. The molecule has 1 saturated heterocycles. The van der Waals surface area contributed by atoms with Gasteiger partial charge in [-0.05, 0) is 25.2 Å². The fourth-order valence-corrected chi connectivity index (χ4v) is 2.52. The van der Waals surface area contributed by atoms with Gasteiger partial charge in [-0.3, -0.25) is 0 Å². The van der Waals surface area contributed by atoms with E-state index in [1.54, 1.807) is 11.9 Å². The highest BCUT2D eigenvalue weighted by atomic mass is 16.4. The van der Waals surface area contributed by atoms with Gasteiger partial charge in [0.05, 0.1) is 0 Å². The van der Waals surface area contributed by atoms with Gasteiger partial charge in [0.25, 0.3) is 0 Å². The fraction of sp³-hybridized carbons (Fsp3) is 0.857. The van der Waals surface area contributed by atoms with Crippen LogP contribution in [0.1, 0.15) is 46.0 Å². The molecule has 0 aromatic heterocycles. The van der Waals surface area contributed by atoms with Gasteiger partial charge in [0.1, 0.15) is 6.04 Å². The van der Waals surface area contributed by atoms with E-state index in [1.165, 1.54) is 4.90 Å². The van der Waals surface area contributed by atoms with E-state index in [0.717, 1.165) is 25.7 Å². The highest BCUT2D eigenvalue weighted by Crippen LogP contribution is 2.23. The van der Waals surface area contributed by atoms with Crippen molar-refractivity contribution < 1.29 is 14.7 Å². The molecule has 1 heterocycles. The number of carbonyl (C=O) groups excluding carboxylic acids is 1. The van der Waals surface area contributed by atoms with Gasteiger partial charge in [-0.25, -0.2) is 9.59 Å². The average molecular weight is 270 g/mol. The Hall–Kier alpha value is -1.26. The minimum Gasteiger partial charge on any atom is -0.480 e. The van der Waals surface area contributed by atoms with Crippen LogP contribution in [0.5, 0.6) is 0 Å². The van der Waals surface area contributed by atoms with Crippen molar-refractivity contribution in [3.63, 3.8) is 0 Å². The van der Waals surface area contributed by atoms with Gasteiger partial charge in [0.15, 0.2) is 0 Å². The summed E-state index contributed by atoms with van der Waals surface area (Å²) in [6, 6.07) is -0.805. The molecule has 110 valence electrons. The lowest BCUT2D eigenvalue weighted by Gasteiger charge is -2.38. The molecule has 0 aromatic rings. The third kappa shape index (κ3) is 4.40. The van der Waals surface area contributed by atoms with Crippen molar-refractivity contribution in [3.8, 4) is 0 Å². The van der Waals surface area contributed by atoms with Gasteiger partial charge in [0.2, 0.25) is 0 Å². The van der Waals surface area contributed by atoms with Gasteiger partial charge in [-0.2, -0.15) is 0 Å². The first-order chi connectivity index (χ1) is 8.97. The van der Waals surface area contributed by atoms with Crippen LogP contribution in [0.15, 0.2) is 0 Å². The Bertz CT molecular complexity index is 320. The molecule has 1 fully saturated rings. The summed E-state index contributed by atoms with van der Waals surface area (Å²) >= 11 is 0. The molecule has 2 atom stereocenters. The molecule has 1 N–H and O–H groups in total. The Morgan fingerprint density at radius 1 is 1.37 bits per heavy atom. The Labute approximate surface area is 115 Å². The zero-order valence-corrected chi connectivity index (χ0v) is 12.3. The number of hydrogen-bond acceptors (Lipinski definition) is 2. The summed E-state index contributed by atoms with van der Waals surface area (Å²) in [5, 5.41) is 9.26. The van der Waals surface area contributed by atoms with Gasteiger partial charge in [-0.1, -0.05) is 26.7 Å². The smallest absolute Gasteiger partial charge is 0.326 e. The van der Waals surface area contributed by atoms with E-state index < -0.39 is 12.0 Å². The standard InChI is InChI=1S/C14H26N2O3/c1-4-5-6-8-15(3)14(19)16-9-7-11(2)10-12(16)13(17)18/h11-12H,4-10H2,1-3H3,(H,17,18). The quantitative estimate of drug-likeness (QED) is 0.780. The predicted molar refractivity (Wildman–Crippen MR) is 74.1 cm³/mol. The van der Waals surface area contributed by atoms with Crippen molar-refractivity contribution in [2.45, 2.75) is 52.0 Å². The zero-order valence-electron chi connectivity index (χ0n) is 12.3. The number of hydrogen-bond donors (Lipinski definition) is 1. The minimum atomic E-state index is -0.887. The lowest BCUT2D eigenvalue weighted by Crippen LogP contribution is -2.53. The summed E-state index contributed by atoms with van der Waals surface area (Å²) in [5.41, 5.74) is 0. The largest absolute Gasteiger partial charge is 0.480 e. The number of carboxylic acid groups (broad SMARTS) is 1. The molecule has 0 radical (unpaired) electrons. The average Bonchev–Trinajstić information content (AvgIpc) is 2.38. The third-order valence-corrected chi connectivity index (χ3v) is 3.82. The number of nitrogens with zero attached hydrogens (tertiary/aromatic N) is 2. The summed E-state index contributed by atoms with van der Waals surface area (Å²) in [7, 11) is 1.76. The second-order valence-electron chi connectivity index (χ2n) is 5.59. The number of amides is 2. The topological polar surface area (TPSA) is 60.9 Å². The van der Waals surface area contributed by atoms with Crippen LogP contribution in [0.3, 0.4) is 0 Å². The third-order valence-electron chi connectivity index (χ3n) is 3.82. The number of carboxylic acids is 1. The highest BCUT2D eigenvalue weighted by molar-refractivity contribution is 5.82. The molecule has 0 spiro atoms. The van der Waals surface area contributed by atoms with E-state index in [0.29, 0.717) is 25.4 Å². The van der Waals surface area contributed by atoms with Crippen LogP contribution < -0.4 is 0 Å². The molecule has 0 aromatic carbocycles. The van der Waals surface area contributed by atoms with Crippen LogP contribution in [0.2, 0.25) is 0 Å². The van der Waals surface area contributed by atoms with E-state index in [9.17, 15) is 14.7 Å². The Kier molecular flexibility index (Phi) is 6.12. The Balaban J connectivity index is 2.60. The highest BCUT2D eigenvalue weighted by Gasteiger charge is 2.35. The van der Waals surface area contributed by atoms with Crippen molar-refractivity contribution >= 4 is 12.0 Å². The molecular weight excluding hydrogens is 244 g/mol. The fourth-order valence-electron chi connectivity index (χ4n) is 2.52. The summed E-state index contributed by atoms with van der Waals surface area (Å²) in [5.74, 6) is -0.516. The van der Waals surface area contributed by atoms with E-state index in [2.05, 4.69) is 6.92 Å². The first kappa shape index (κ1) is 15.8. The maximum atomic E-state index is 12.3. The van der Waals surface area contributed by atoms with Crippen molar-refractivity contribution in [1.82, 2.24) is 9.80 Å². The van der Waals surface area contributed by atoms with E-state index in [4.69, 9.17) is 0 Å². The summed E-state index contributed by atoms with van der Waals surface area (Å²) in [6.07, 6.45) is 4.63. The first-order valence-electron chi connectivity index (χ1n) is 7.21. The SMILES string of the molecule is CCCCCN(C)C(=O)N1CCC(C)CC1C(=O)O. The second kappa shape index (κ2) is 7.36. The van der Waals surface area contributed by atoms with Gasteiger partial charge in [0, 0.05) is 20.1 Å². The number of aliphatic carboxylic acids is 1. The summed E-state index contributed by atoms with van der Waals surface area (Å²) in [4.78, 5) is 26.8. The normalized spacial score (nSPS) is 23.2. The number of unbranched alkanes of at least 4 members (excludes halogenated alkanes) is 2. The van der Waals surface area contributed by atoms with Crippen molar-refractivity contribution in [1.29, 1.82) is 0 Å². The molecule has 5 nitrogen and oxygen atoms in total. The summed E-state index contributed by atoms with van der Waals surface area (Å²) < 4.78 is 0. The number of piperidine rings is 1. The molecule has 5 heteroatoms. The summed E-state index contributed by atoms with van der Waals surface area (Å²) in [6.45, 7) is 5.41. The maximum Gasteiger partial charge on any atom is 0.326 e. The van der Waals surface area contributed by atoms with Crippen LogP contribution >= 0.6 is 0 Å².